The van der Waals surface area contributed by atoms with Crippen LogP contribution in [0.4, 0.5) is 16.4 Å². The minimum Gasteiger partial charge on any atom is -0.302 e. The van der Waals surface area contributed by atoms with Crippen molar-refractivity contribution in [1.82, 2.24) is 0 Å². The van der Waals surface area contributed by atoms with E-state index >= 15 is 0 Å². The third-order valence-electron chi connectivity index (χ3n) is 7.86. The summed E-state index contributed by atoms with van der Waals surface area (Å²) in [5.74, 6) is -0.394. The number of carbonyl (C=O) groups excluding carboxylic acids is 2. The van der Waals surface area contributed by atoms with Gasteiger partial charge in [0.2, 0.25) is 0 Å². The van der Waals surface area contributed by atoms with Crippen LogP contribution >= 0.6 is 22.7 Å². The van der Waals surface area contributed by atoms with Crippen LogP contribution in [0.5, 0.6) is 0 Å². The summed E-state index contributed by atoms with van der Waals surface area (Å²) in [4.78, 5) is 31.2. The predicted molar refractivity (Wildman–Crippen MR) is 182 cm³/mol. The van der Waals surface area contributed by atoms with E-state index in [-0.39, 0.29) is 22.6 Å². The SMILES string of the molecule is CC(C)(C)c1ccc(N(c2ccc3ccccc3c2)c2ccc(-c3ccc(C=C4C(=O)c5ccccc5C4=O)s3)s2)cc1. The Kier molecular flexibility index (Phi) is 6.72. The normalized spacial score (nSPS) is 13.0. The number of nitrogens with zero attached hydrogens (tertiary/aromatic N) is 1. The monoisotopic (exact) mass is 595 g/mol. The number of fused-ring (bicyclic) bond motifs is 2. The van der Waals surface area contributed by atoms with Crippen LogP contribution in [0.1, 0.15) is 51.9 Å². The summed E-state index contributed by atoms with van der Waals surface area (Å²) in [5.41, 5.74) is 4.79. The fourth-order valence-corrected chi connectivity index (χ4v) is 7.61. The molecular formula is C38H29NO2S2. The third-order valence-corrected chi connectivity index (χ3v) is 10.2. The Hall–Kier alpha value is -4.58. The van der Waals surface area contributed by atoms with E-state index in [1.165, 1.54) is 16.3 Å². The standard InChI is InChI=1S/C38H29NO2S2/c1-38(2,3)26-13-16-27(17-14-26)39(28-15-12-24-8-4-5-9-25(24)22-28)35-21-20-34(43-35)33-19-18-29(42-33)23-32-36(40)30-10-6-7-11-31(30)37(32)41/h4-23H,1-3H3. The molecular weight excluding hydrogens is 567 g/mol. The Labute approximate surface area is 259 Å². The van der Waals surface area contributed by atoms with Crippen molar-refractivity contribution in [2.75, 3.05) is 4.90 Å². The number of carbonyl (C=O) groups is 2. The van der Waals surface area contributed by atoms with Crippen molar-refractivity contribution < 1.29 is 9.59 Å². The van der Waals surface area contributed by atoms with E-state index in [0.717, 1.165) is 31.0 Å². The van der Waals surface area contributed by atoms with Crippen molar-refractivity contribution in [3.05, 3.63) is 142 Å². The maximum Gasteiger partial charge on any atom is 0.197 e. The predicted octanol–water partition coefficient (Wildman–Crippen LogP) is 10.9. The van der Waals surface area contributed by atoms with Gasteiger partial charge in [0.05, 0.1) is 5.57 Å². The Morgan fingerprint density at radius 1 is 0.605 bits per heavy atom. The lowest BCUT2D eigenvalue weighted by molar-refractivity contribution is 0.0990. The quantitative estimate of drug-likeness (QED) is 0.147. The molecule has 1 aliphatic rings. The molecule has 2 heterocycles. The van der Waals surface area contributed by atoms with Crippen molar-refractivity contribution in [2.45, 2.75) is 26.2 Å². The molecule has 5 heteroatoms. The summed E-state index contributed by atoms with van der Waals surface area (Å²) >= 11 is 3.32. The lowest BCUT2D eigenvalue weighted by Gasteiger charge is -2.26. The topological polar surface area (TPSA) is 37.4 Å². The van der Waals surface area contributed by atoms with Crippen LogP contribution in [-0.2, 0) is 5.41 Å². The van der Waals surface area contributed by atoms with Gasteiger partial charge in [0.1, 0.15) is 5.00 Å². The second-order valence-corrected chi connectivity index (χ2v) is 13.9. The van der Waals surface area contributed by atoms with Crippen LogP contribution in [0, 0.1) is 0 Å². The summed E-state index contributed by atoms with van der Waals surface area (Å²) in [6.45, 7) is 6.70. The number of benzene rings is 4. The zero-order valence-electron chi connectivity index (χ0n) is 24.1. The van der Waals surface area contributed by atoms with Gasteiger partial charge in [0.15, 0.2) is 11.6 Å². The van der Waals surface area contributed by atoms with E-state index in [2.05, 4.69) is 111 Å². The molecule has 0 amide bonds. The molecule has 6 aromatic rings. The van der Waals surface area contributed by atoms with Crippen molar-refractivity contribution in [3.8, 4) is 9.75 Å². The molecule has 0 saturated heterocycles. The second kappa shape index (κ2) is 10.6. The Bertz CT molecular complexity index is 2020. The first-order valence-corrected chi connectivity index (χ1v) is 15.9. The average molecular weight is 596 g/mol. The van der Waals surface area contributed by atoms with Crippen LogP contribution in [0.3, 0.4) is 0 Å². The molecule has 0 bridgehead atoms. The minimum absolute atomic E-state index is 0.0745. The summed E-state index contributed by atoms with van der Waals surface area (Å²) in [7, 11) is 0. The molecule has 0 saturated carbocycles. The molecule has 0 unspecified atom stereocenters. The summed E-state index contributed by atoms with van der Waals surface area (Å²) in [6.07, 6.45) is 1.74. The Balaban J connectivity index is 1.24. The summed E-state index contributed by atoms with van der Waals surface area (Å²) in [5, 5.41) is 3.52. The largest absolute Gasteiger partial charge is 0.302 e. The molecule has 2 aromatic heterocycles. The first-order valence-electron chi connectivity index (χ1n) is 14.3. The summed E-state index contributed by atoms with van der Waals surface area (Å²) in [6, 6.07) is 39.3. The zero-order chi connectivity index (χ0) is 29.7. The van der Waals surface area contributed by atoms with Crippen LogP contribution in [0.2, 0.25) is 0 Å². The molecule has 0 spiro atoms. The fourth-order valence-electron chi connectivity index (χ4n) is 5.52. The number of ketones is 2. The highest BCUT2D eigenvalue weighted by atomic mass is 32.1. The van der Waals surface area contributed by atoms with Crippen LogP contribution in [0.25, 0.3) is 26.6 Å². The maximum atomic E-state index is 12.9. The molecule has 3 nitrogen and oxygen atoms in total. The van der Waals surface area contributed by atoms with Gasteiger partial charge in [-0.3, -0.25) is 9.59 Å². The van der Waals surface area contributed by atoms with Crippen LogP contribution in [0.15, 0.2) is 121 Å². The number of rotatable bonds is 5. The molecule has 0 atom stereocenters. The molecule has 210 valence electrons. The number of allylic oxidation sites excluding steroid dienone is 1. The highest BCUT2D eigenvalue weighted by Gasteiger charge is 2.32. The van der Waals surface area contributed by atoms with E-state index in [1.807, 2.05) is 6.07 Å². The van der Waals surface area contributed by atoms with Crippen molar-refractivity contribution in [3.63, 3.8) is 0 Å². The maximum absolute atomic E-state index is 12.9. The molecule has 1 aliphatic carbocycles. The van der Waals surface area contributed by atoms with Gasteiger partial charge in [-0.1, -0.05) is 87.5 Å². The molecule has 7 rings (SSSR count). The van der Waals surface area contributed by atoms with E-state index < -0.39 is 0 Å². The fraction of sp³-hybridized carbons (Fsp3) is 0.105. The second-order valence-electron chi connectivity index (χ2n) is 11.8. The first-order chi connectivity index (χ1) is 20.8. The van der Waals surface area contributed by atoms with Gasteiger partial charge in [-0.05, 0) is 76.4 Å². The number of hydrogen-bond donors (Lipinski definition) is 0. The van der Waals surface area contributed by atoms with E-state index in [0.29, 0.717) is 11.1 Å². The van der Waals surface area contributed by atoms with Gasteiger partial charge in [0.25, 0.3) is 0 Å². The Morgan fingerprint density at radius 3 is 1.91 bits per heavy atom. The number of anilines is 3. The lowest BCUT2D eigenvalue weighted by Crippen LogP contribution is -2.12. The van der Waals surface area contributed by atoms with Gasteiger partial charge in [-0.2, -0.15) is 0 Å². The van der Waals surface area contributed by atoms with Gasteiger partial charge < -0.3 is 4.90 Å². The molecule has 0 N–H and O–H groups in total. The van der Waals surface area contributed by atoms with Gasteiger partial charge in [-0.15, -0.1) is 22.7 Å². The van der Waals surface area contributed by atoms with E-state index in [4.69, 9.17) is 0 Å². The van der Waals surface area contributed by atoms with Gasteiger partial charge >= 0.3 is 0 Å². The highest BCUT2D eigenvalue weighted by molar-refractivity contribution is 7.24. The molecule has 4 aromatic carbocycles. The van der Waals surface area contributed by atoms with E-state index in [1.54, 1.807) is 53.0 Å². The number of hydrogen-bond acceptors (Lipinski definition) is 5. The first kappa shape index (κ1) is 27.3. The van der Waals surface area contributed by atoms with Gasteiger partial charge in [-0.25, -0.2) is 0 Å². The molecule has 43 heavy (non-hydrogen) atoms. The average Bonchev–Trinajstić information content (AvgIpc) is 3.74. The summed E-state index contributed by atoms with van der Waals surface area (Å²) < 4.78 is 0. The molecule has 0 radical (unpaired) electrons. The van der Waals surface area contributed by atoms with Crippen molar-refractivity contribution in [2.24, 2.45) is 0 Å². The van der Waals surface area contributed by atoms with Crippen molar-refractivity contribution >= 4 is 67.5 Å². The number of thiophene rings is 2. The number of Topliss-reactive ketones (excluding diaryl/α,β-unsaturated/α-hetero) is 2. The smallest absolute Gasteiger partial charge is 0.197 e. The zero-order valence-corrected chi connectivity index (χ0v) is 25.8. The third kappa shape index (κ3) is 5.05. The highest BCUT2D eigenvalue weighted by Crippen LogP contribution is 2.44. The minimum atomic E-state index is -0.197. The molecule has 0 aliphatic heterocycles. The van der Waals surface area contributed by atoms with E-state index in [9.17, 15) is 9.59 Å². The lowest BCUT2D eigenvalue weighted by atomic mass is 9.87. The van der Waals surface area contributed by atoms with Crippen LogP contribution in [-0.4, -0.2) is 11.6 Å². The van der Waals surface area contributed by atoms with Crippen molar-refractivity contribution in [1.29, 1.82) is 0 Å². The van der Waals surface area contributed by atoms with Gasteiger partial charge in [0, 0.05) is 37.1 Å². The van der Waals surface area contributed by atoms with Crippen LogP contribution < -0.4 is 4.90 Å². The molecule has 0 fully saturated rings. The Morgan fingerprint density at radius 2 is 1.21 bits per heavy atom.